The number of nitrogens with one attached hydrogen (secondary N) is 2. The lowest BCUT2D eigenvalue weighted by Gasteiger charge is -2.33. The Morgan fingerprint density at radius 1 is 1.04 bits per heavy atom. The van der Waals surface area contributed by atoms with Crippen molar-refractivity contribution in [1.82, 2.24) is 19.8 Å². The van der Waals surface area contributed by atoms with Crippen LogP contribution in [0.3, 0.4) is 0 Å². The van der Waals surface area contributed by atoms with Crippen LogP contribution in [-0.2, 0) is 11.3 Å². The van der Waals surface area contributed by atoms with Crippen molar-refractivity contribution in [1.29, 1.82) is 0 Å². The van der Waals surface area contributed by atoms with E-state index in [1.165, 1.54) is 0 Å². The maximum absolute atomic E-state index is 12.3. The van der Waals surface area contributed by atoms with Gasteiger partial charge in [0, 0.05) is 31.9 Å². The predicted molar refractivity (Wildman–Crippen MR) is 108 cm³/mol. The molecule has 1 aliphatic rings. The highest BCUT2D eigenvalue weighted by molar-refractivity contribution is 5.92. The molecule has 3 aromatic rings. The molecule has 6 nitrogen and oxygen atoms in total. The molecule has 0 bridgehead atoms. The number of para-hydroxylation sites is 3. The van der Waals surface area contributed by atoms with E-state index in [2.05, 4.69) is 31.2 Å². The number of carbonyl (C=O) groups excluding carboxylic acids is 1. The zero-order valence-corrected chi connectivity index (χ0v) is 15.6. The van der Waals surface area contributed by atoms with Gasteiger partial charge in [-0.1, -0.05) is 30.3 Å². The molecule has 0 atom stereocenters. The van der Waals surface area contributed by atoms with Crippen LogP contribution in [0.4, 0.5) is 5.69 Å². The highest BCUT2D eigenvalue weighted by atomic mass is 16.2. The number of imidazole rings is 1. The number of aromatic nitrogens is 2. The van der Waals surface area contributed by atoms with Crippen molar-refractivity contribution in [3.63, 3.8) is 0 Å². The van der Waals surface area contributed by atoms with Gasteiger partial charge in [0.1, 0.15) is 5.82 Å². The molecule has 1 fully saturated rings. The molecule has 140 valence electrons. The Labute approximate surface area is 159 Å². The lowest BCUT2D eigenvalue weighted by atomic mass is 10.2. The average molecular weight is 363 g/mol. The summed E-state index contributed by atoms with van der Waals surface area (Å²) in [6, 6.07) is 16.0. The normalized spacial score (nSPS) is 15.9. The molecule has 2 heterocycles. The van der Waals surface area contributed by atoms with Crippen LogP contribution in [-0.4, -0.2) is 58.4 Å². The number of amides is 1. The molecule has 1 saturated heterocycles. The van der Waals surface area contributed by atoms with Gasteiger partial charge in [0.2, 0.25) is 5.91 Å². The van der Waals surface area contributed by atoms with E-state index in [-0.39, 0.29) is 5.91 Å². The van der Waals surface area contributed by atoms with Gasteiger partial charge in [-0.25, -0.2) is 4.98 Å². The number of aromatic amines is 1. The minimum atomic E-state index is 0.0510. The minimum Gasteiger partial charge on any atom is -0.341 e. The van der Waals surface area contributed by atoms with Crippen molar-refractivity contribution in [2.45, 2.75) is 13.5 Å². The Morgan fingerprint density at radius 2 is 1.74 bits per heavy atom. The van der Waals surface area contributed by atoms with Gasteiger partial charge >= 0.3 is 0 Å². The summed E-state index contributed by atoms with van der Waals surface area (Å²) < 4.78 is 0. The van der Waals surface area contributed by atoms with Crippen LogP contribution in [0.1, 0.15) is 11.4 Å². The second-order valence-electron chi connectivity index (χ2n) is 7.12. The Kier molecular flexibility index (Phi) is 5.18. The molecular weight excluding hydrogens is 338 g/mol. The van der Waals surface area contributed by atoms with Crippen molar-refractivity contribution in [2.24, 2.45) is 0 Å². The van der Waals surface area contributed by atoms with Crippen LogP contribution in [0, 0.1) is 6.92 Å². The average Bonchev–Trinajstić information content (AvgIpc) is 3.07. The smallest absolute Gasteiger partial charge is 0.238 e. The highest BCUT2D eigenvalue weighted by Crippen LogP contribution is 2.14. The standard InChI is InChI=1S/C21H25N5O/c1-16-6-2-3-7-17(16)24-21(27)15-26-12-10-25(11-13-26)14-20-22-18-8-4-5-9-19(18)23-20/h2-9H,10-15H2,1H3,(H,22,23)(H,24,27). The van der Waals surface area contributed by atoms with Gasteiger partial charge in [-0.2, -0.15) is 0 Å². The summed E-state index contributed by atoms with van der Waals surface area (Å²) in [7, 11) is 0. The second kappa shape index (κ2) is 7.90. The first-order chi connectivity index (χ1) is 13.2. The fourth-order valence-corrected chi connectivity index (χ4v) is 3.50. The molecule has 0 unspecified atom stereocenters. The third-order valence-electron chi connectivity index (χ3n) is 5.06. The third kappa shape index (κ3) is 4.35. The number of rotatable bonds is 5. The fraction of sp³-hybridized carbons (Fsp3) is 0.333. The predicted octanol–water partition coefficient (Wildman–Crippen LogP) is 2.63. The monoisotopic (exact) mass is 363 g/mol. The van der Waals surface area contributed by atoms with Gasteiger partial charge < -0.3 is 10.3 Å². The quantitative estimate of drug-likeness (QED) is 0.731. The van der Waals surface area contributed by atoms with E-state index < -0.39 is 0 Å². The molecule has 0 aliphatic carbocycles. The molecule has 1 aromatic heterocycles. The molecular formula is C21H25N5O. The summed E-state index contributed by atoms with van der Waals surface area (Å²) in [5.74, 6) is 1.05. The van der Waals surface area contributed by atoms with Gasteiger partial charge in [-0.15, -0.1) is 0 Å². The van der Waals surface area contributed by atoms with Crippen LogP contribution < -0.4 is 5.32 Å². The fourth-order valence-electron chi connectivity index (χ4n) is 3.50. The first kappa shape index (κ1) is 17.7. The molecule has 4 rings (SSSR count). The Bertz CT molecular complexity index is 894. The number of fused-ring (bicyclic) bond motifs is 1. The first-order valence-corrected chi connectivity index (χ1v) is 9.41. The Hall–Kier alpha value is -2.70. The van der Waals surface area contributed by atoms with Crippen LogP contribution >= 0.6 is 0 Å². The van der Waals surface area contributed by atoms with E-state index in [9.17, 15) is 4.79 Å². The van der Waals surface area contributed by atoms with E-state index in [4.69, 9.17) is 0 Å². The van der Waals surface area contributed by atoms with Crippen LogP contribution in [0.25, 0.3) is 11.0 Å². The number of hydrogen-bond donors (Lipinski definition) is 2. The number of H-pyrrole nitrogens is 1. The Morgan fingerprint density at radius 3 is 2.52 bits per heavy atom. The van der Waals surface area contributed by atoms with Crippen molar-refractivity contribution in [2.75, 3.05) is 38.0 Å². The van der Waals surface area contributed by atoms with Crippen molar-refractivity contribution >= 4 is 22.6 Å². The molecule has 2 N–H and O–H groups in total. The van der Waals surface area contributed by atoms with E-state index in [1.54, 1.807) is 0 Å². The summed E-state index contributed by atoms with van der Waals surface area (Å²) in [5.41, 5.74) is 4.07. The summed E-state index contributed by atoms with van der Waals surface area (Å²) in [5, 5.41) is 3.01. The summed E-state index contributed by atoms with van der Waals surface area (Å²) in [6.45, 7) is 6.92. The molecule has 0 saturated carbocycles. The molecule has 0 spiro atoms. The summed E-state index contributed by atoms with van der Waals surface area (Å²) in [4.78, 5) is 25.0. The summed E-state index contributed by atoms with van der Waals surface area (Å²) in [6.07, 6.45) is 0. The number of anilines is 1. The van der Waals surface area contributed by atoms with Gasteiger partial charge in [0.15, 0.2) is 0 Å². The van der Waals surface area contributed by atoms with Gasteiger partial charge in [-0.05, 0) is 30.7 Å². The third-order valence-corrected chi connectivity index (χ3v) is 5.06. The number of carbonyl (C=O) groups is 1. The number of benzene rings is 2. The number of hydrogen-bond acceptors (Lipinski definition) is 4. The molecule has 1 amide bonds. The maximum Gasteiger partial charge on any atom is 0.238 e. The van der Waals surface area contributed by atoms with Crippen molar-refractivity contribution in [3.05, 3.63) is 59.9 Å². The number of piperazine rings is 1. The van der Waals surface area contributed by atoms with E-state index >= 15 is 0 Å². The van der Waals surface area contributed by atoms with Crippen molar-refractivity contribution in [3.8, 4) is 0 Å². The molecule has 0 radical (unpaired) electrons. The lowest BCUT2D eigenvalue weighted by Crippen LogP contribution is -2.48. The lowest BCUT2D eigenvalue weighted by molar-refractivity contribution is -0.117. The van der Waals surface area contributed by atoms with Crippen LogP contribution in [0.5, 0.6) is 0 Å². The van der Waals surface area contributed by atoms with E-state index in [0.717, 1.165) is 60.8 Å². The van der Waals surface area contributed by atoms with Crippen LogP contribution in [0.15, 0.2) is 48.5 Å². The van der Waals surface area contributed by atoms with E-state index in [1.807, 2.05) is 49.4 Å². The van der Waals surface area contributed by atoms with E-state index in [0.29, 0.717) is 6.54 Å². The van der Waals surface area contributed by atoms with Gasteiger partial charge in [0.05, 0.1) is 24.1 Å². The number of aryl methyl sites for hydroxylation is 1. The molecule has 2 aromatic carbocycles. The summed E-state index contributed by atoms with van der Waals surface area (Å²) >= 11 is 0. The van der Waals surface area contributed by atoms with Gasteiger partial charge in [0.25, 0.3) is 0 Å². The zero-order chi connectivity index (χ0) is 18.6. The highest BCUT2D eigenvalue weighted by Gasteiger charge is 2.20. The van der Waals surface area contributed by atoms with Gasteiger partial charge in [-0.3, -0.25) is 14.6 Å². The van der Waals surface area contributed by atoms with Crippen molar-refractivity contribution < 1.29 is 4.79 Å². The first-order valence-electron chi connectivity index (χ1n) is 9.41. The molecule has 1 aliphatic heterocycles. The maximum atomic E-state index is 12.3. The zero-order valence-electron chi connectivity index (χ0n) is 15.6. The SMILES string of the molecule is Cc1ccccc1NC(=O)CN1CCN(Cc2nc3ccccc3[nH]2)CC1. The number of nitrogens with zero attached hydrogens (tertiary/aromatic N) is 3. The minimum absolute atomic E-state index is 0.0510. The topological polar surface area (TPSA) is 64.3 Å². The largest absolute Gasteiger partial charge is 0.341 e. The Balaban J connectivity index is 1.26. The second-order valence-corrected chi connectivity index (χ2v) is 7.12. The molecule has 6 heteroatoms. The molecule has 27 heavy (non-hydrogen) atoms. The van der Waals surface area contributed by atoms with Crippen LogP contribution in [0.2, 0.25) is 0 Å².